The van der Waals surface area contributed by atoms with Crippen LogP contribution in [0.5, 0.6) is 0 Å². The van der Waals surface area contributed by atoms with Gasteiger partial charge in [0.15, 0.2) is 5.82 Å². The molecule has 0 spiro atoms. The molecular formula is C13H24N4O. The van der Waals surface area contributed by atoms with Crippen LogP contribution in [0, 0.1) is 25.2 Å². The number of nitrogens with zero attached hydrogens (tertiary/aromatic N) is 1. The van der Waals surface area contributed by atoms with Crippen LogP contribution in [0.1, 0.15) is 38.4 Å². The third kappa shape index (κ3) is 3.84. The summed E-state index contributed by atoms with van der Waals surface area (Å²) in [6.45, 7) is 10.5. The molecule has 1 amide bonds. The van der Waals surface area contributed by atoms with Crippen LogP contribution in [-0.4, -0.2) is 22.6 Å². The minimum atomic E-state index is -0.179. The number of nitrogens with one attached hydrogen (secondary N) is 2. The normalized spacial score (nSPS) is 13.4. The van der Waals surface area contributed by atoms with E-state index in [4.69, 9.17) is 5.73 Å². The second kappa shape index (κ2) is 5.52. The van der Waals surface area contributed by atoms with E-state index in [2.05, 4.69) is 36.3 Å². The maximum Gasteiger partial charge on any atom is 0.229 e. The minimum absolute atomic E-state index is 0.0537. The van der Waals surface area contributed by atoms with E-state index in [0.717, 1.165) is 17.7 Å². The van der Waals surface area contributed by atoms with Crippen molar-refractivity contribution in [3.05, 3.63) is 11.3 Å². The highest BCUT2D eigenvalue weighted by Crippen LogP contribution is 2.25. The highest BCUT2D eigenvalue weighted by molar-refractivity contribution is 5.92. The Morgan fingerprint density at radius 3 is 2.44 bits per heavy atom. The topological polar surface area (TPSA) is 83.8 Å². The summed E-state index contributed by atoms with van der Waals surface area (Å²) < 4.78 is 0. The molecule has 0 saturated heterocycles. The molecule has 0 aliphatic carbocycles. The van der Waals surface area contributed by atoms with E-state index in [9.17, 15) is 4.79 Å². The van der Waals surface area contributed by atoms with Crippen LogP contribution >= 0.6 is 0 Å². The first-order valence-corrected chi connectivity index (χ1v) is 6.27. The van der Waals surface area contributed by atoms with Crippen molar-refractivity contribution in [2.45, 2.75) is 41.0 Å². The fraction of sp³-hybridized carbons (Fsp3) is 0.692. The molecule has 1 rings (SSSR count). The molecule has 102 valence electrons. The van der Waals surface area contributed by atoms with Crippen LogP contribution in [0.15, 0.2) is 0 Å². The number of H-pyrrole nitrogens is 1. The molecule has 0 aromatic carbocycles. The van der Waals surface area contributed by atoms with Gasteiger partial charge in [0.2, 0.25) is 5.91 Å². The van der Waals surface area contributed by atoms with Gasteiger partial charge < -0.3 is 11.1 Å². The molecule has 1 atom stereocenters. The largest absolute Gasteiger partial charge is 0.330 e. The standard InChI is InChI=1S/C13H24N4O/c1-8-9(2)16-17-11(8)15-12(18)10(7-14)6-13(3,4)5/h10H,6-7,14H2,1-5H3,(H2,15,16,17,18). The first-order chi connectivity index (χ1) is 8.24. The third-order valence-electron chi connectivity index (χ3n) is 3.01. The summed E-state index contributed by atoms with van der Waals surface area (Å²) in [7, 11) is 0. The maximum absolute atomic E-state index is 12.1. The summed E-state index contributed by atoms with van der Waals surface area (Å²) in [4.78, 5) is 12.1. The Labute approximate surface area is 109 Å². The van der Waals surface area contributed by atoms with Gasteiger partial charge in [0.25, 0.3) is 0 Å². The van der Waals surface area contributed by atoms with E-state index in [1.54, 1.807) is 0 Å². The number of aromatic amines is 1. The van der Waals surface area contributed by atoms with E-state index >= 15 is 0 Å². The van der Waals surface area contributed by atoms with Gasteiger partial charge in [-0.15, -0.1) is 0 Å². The van der Waals surface area contributed by atoms with Gasteiger partial charge in [-0.1, -0.05) is 20.8 Å². The average Bonchev–Trinajstić information content (AvgIpc) is 2.56. The summed E-state index contributed by atoms with van der Waals surface area (Å²) in [6.07, 6.45) is 0.762. The highest BCUT2D eigenvalue weighted by atomic mass is 16.2. The molecule has 18 heavy (non-hydrogen) atoms. The van der Waals surface area contributed by atoms with Crippen LogP contribution in [0.25, 0.3) is 0 Å². The van der Waals surface area contributed by atoms with E-state index in [-0.39, 0.29) is 17.2 Å². The number of rotatable bonds is 4. The van der Waals surface area contributed by atoms with E-state index in [1.165, 1.54) is 0 Å². The SMILES string of the molecule is Cc1[nH]nc(NC(=O)C(CN)CC(C)(C)C)c1C. The van der Waals surface area contributed by atoms with E-state index in [1.807, 2.05) is 13.8 Å². The molecule has 0 bridgehead atoms. The molecule has 0 radical (unpaired) electrons. The molecule has 0 aliphatic rings. The molecule has 1 aromatic heterocycles. The lowest BCUT2D eigenvalue weighted by Gasteiger charge is -2.24. The second-order valence-electron chi connectivity index (χ2n) is 6.01. The molecule has 4 N–H and O–H groups in total. The van der Waals surface area contributed by atoms with Gasteiger partial charge >= 0.3 is 0 Å². The zero-order chi connectivity index (χ0) is 13.9. The first kappa shape index (κ1) is 14.7. The van der Waals surface area contributed by atoms with Crippen molar-refractivity contribution in [3.63, 3.8) is 0 Å². The highest BCUT2D eigenvalue weighted by Gasteiger charge is 2.24. The van der Waals surface area contributed by atoms with Gasteiger partial charge in [-0.3, -0.25) is 9.89 Å². The van der Waals surface area contributed by atoms with Crippen molar-refractivity contribution in [1.29, 1.82) is 0 Å². The maximum atomic E-state index is 12.1. The lowest BCUT2D eigenvalue weighted by Crippen LogP contribution is -2.32. The molecule has 5 nitrogen and oxygen atoms in total. The molecular weight excluding hydrogens is 228 g/mol. The average molecular weight is 252 g/mol. The first-order valence-electron chi connectivity index (χ1n) is 6.27. The Kier molecular flexibility index (Phi) is 4.51. The number of carbonyl (C=O) groups is 1. The molecule has 0 fully saturated rings. The number of aromatic nitrogens is 2. The Balaban J connectivity index is 2.71. The Bertz CT molecular complexity index is 417. The van der Waals surface area contributed by atoms with Gasteiger partial charge in [0, 0.05) is 17.8 Å². The van der Waals surface area contributed by atoms with Gasteiger partial charge in [0.05, 0.1) is 5.92 Å². The fourth-order valence-corrected chi connectivity index (χ4v) is 1.85. The number of hydrogen-bond acceptors (Lipinski definition) is 3. The quantitative estimate of drug-likeness (QED) is 0.766. The van der Waals surface area contributed by atoms with Crippen molar-refractivity contribution in [3.8, 4) is 0 Å². The zero-order valence-corrected chi connectivity index (χ0v) is 11.9. The Morgan fingerprint density at radius 1 is 1.44 bits per heavy atom. The van der Waals surface area contributed by atoms with Gasteiger partial charge in [-0.25, -0.2) is 0 Å². The van der Waals surface area contributed by atoms with Crippen molar-refractivity contribution in [1.82, 2.24) is 10.2 Å². The third-order valence-corrected chi connectivity index (χ3v) is 3.01. The fourth-order valence-electron chi connectivity index (χ4n) is 1.85. The van der Waals surface area contributed by atoms with Crippen LogP contribution in [0.2, 0.25) is 0 Å². The van der Waals surface area contributed by atoms with E-state index in [0.29, 0.717) is 12.4 Å². The predicted octanol–water partition coefficient (Wildman–Crippen LogP) is 1.98. The summed E-state index contributed by atoms with van der Waals surface area (Å²) >= 11 is 0. The molecule has 0 saturated carbocycles. The Hall–Kier alpha value is -1.36. The van der Waals surface area contributed by atoms with Crippen LogP contribution in [0.4, 0.5) is 5.82 Å². The minimum Gasteiger partial charge on any atom is -0.330 e. The van der Waals surface area contributed by atoms with Gasteiger partial charge in [-0.05, 0) is 25.7 Å². The summed E-state index contributed by atoms with van der Waals surface area (Å²) in [5.74, 6) is 0.369. The van der Waals surface area contributed by atoms with Gasteiger partial charge in [-0.2, -0.15) is 5.10 Å². The van der Waals surface area contributed by atoms with Crippen molar-refractivity contribution in [2.75, 3.05) is 11.9 Å². The summed E-state index contributed by atoms with van der Waals surface area (Å²) in [6, 6.07) is 0. The molecule has 1 aromatic rings. The predicted molar refractivity (Wildman–Crippen MR) is 73.3 cm³/mol. The van der Waals surface area contributed by atoms with Crippen molar-refractivity contribution >= 4 is 11.7 Å². The van der Waals surface area contributed by atoms with Crippen molar-refractivity contribution in [2.24, 2.45) is 17.1 Å². The number of aryl methyl sites for hydroxylation is 1. The summed E-state index contributed by atoms with van der Waals surface area (Å²) in [5, 5.41) is 9.77. The van der Waals surface area contributed by atoms with Crippen LogP contribution < -0.4 is 11.1 Å². The number of nitrogens with two attached hydrogens (primary N) is 1. The number of carbonyl (C=O) groups excluding carboxylic acids is 1. The van der Waals surface area contributed by atoms with E-state index < -0.39 is 0 Å². The molecule has 5 heteroatoms. The van der Waals surface area contributed by atoms with Crippen LogP contribution in [-0.2, 0) is 4.79 Å². The van der Waals surface area contributed by atoms with Crippen LogP contribution in [0.3, 0.4) is 0 Å². The van der Waals surface area contributed by atoms with Crippen molar-refractivity contribution < 1.29 is 4.79 Å². The molecule has 0 aliphatic heterocycles. The lowest BCUT2D eigenvalue weighted by molar-refractivity contribution is -0.120. The molecule has 1 heterocycles. The smallest absolute Gasteiger partial charge is 0.229 e. The Morgan fingerprint density at radius 2 is 2.06 bits per heavy atom. The molecule has 1 unspecified atom stereocenters. The zero-order valence-electron chi connectivity index (χ0n) is 11.9. The number of anilines is 1. The monoisotopic (exact) mass is 252 g/mol. The lowest BCUT2D eigenvalue weighted by atomic mass is 9.84. The number of amides is 1. The second-order valence-corrected chi connectivity index (χ2v) is 6.01. The van der Waals surface area contributed by atoms with Gasteiger partial charge in [0.1, 0.15) is 0 Å². The summed E-state index contributed by atoms with van der Waals surface area (Å²) in [5.41, 5.74) is 7.70. The number of hydrogen-bond donors (Lipinski definition) is 3.